The zero-order valence-electron chi connectivity index (χ0n) is 15.6. The van der Waals surface area contributed by atoms with Gasteiger partial charge in [-0.05, 0) is 38.0 Å². The van der Waals surface area contributed by atoms with Gasteiger partial charge in [-0.25, -0.2) is 4.39 Å². The van der Waals surface area contributed by atoms with Gasteiger partial charge < -0.3 is 4.90 Å². The van der Waals surface area contributed by atoms with Crippen molar-refractivity contribution >= 4 is 40.3 Å². The van der Waals surface area contributed by atoms with Gasteiger partial charge in [0.25, 0.3) is 0 Å². The molecule has 158 valence electrons. The van der Waals surface area contributed by atoms with Crippen molar-refractivity contribution in [2.45, 2.75) is 38.4 Å². The SMILES string of the molecule is C[C@H](c1c(Cl)ccc(F)c1Cl)N1CCCc2nnc(C3=NN=C(C(F)(F)F)C3)cc21. The zero-order valence-corrected chi connectivity index (χ0v) is 17.2. The predicted octanol–water partition coefficient (Wildman–Crippen LogP) is 5.55. The number of aryl methyl sites for hydroxylation is 1. The molecule has 2 aliphatic rings. The summed E-state index contributed by atoms with van der Waals surface area (Å²) in [7, 11) is 0. The molecule has 0 amide bonds. The molecule has 1 aromatic carbocycles. The quantitative estimate of drug-likeness (QED) is 0.446. The minimum Gasteiger partial charge on any atom is -0.363 e. The first kappa shape index (κ1) is 21.0. The molecule has 0 unspecified atom stereocenters. The van der Waals surface area contributed by atoms with Crippen LogP contribution in [-0.4, -0.2) is 34.3 Å². The average molecular weight is 460 g/mol. The van der Waals surface area contributed by atoms with Crippen molar-refractivity contribution in [3.05, 3.63) is 51.0 Å². The summed E-state index contributed by atoms with van der Waals surface area (Å²) in [6.07, 6.45) is -3.57. The molecule has 0 fully saturated rings. The van der Waals surface area contributed by atoms with Crippen LogP contribution in [0.4, 0.5) is 23.2 Å². The molecule has 5 nitrogen and oxygen atoms in total. The van der Waals surface area contributed by atoms with Gasteiger partial charge in [-0.3, -0.25) is 0 Å². The van der Waals surface area contributed by atoms with Gasteiger partial charge in [0.15, 0.2) is 0 Å². The van der Waals surface area contributed by atoms with Crippen LogP contribution >= 0.6 is 23.2 Å². The van der Waals surface area contributed by atoms with Crippen LogP contribution in [0.5, 0.6) is 0 Å². The van der Waals surface area contributed by atoms with E-state index in [1.807, 2.05) is 11.8 Å². The maximum absolute atomic E-state index is 14.0. The number of hydrogen-bond donors (Lipinski definition) is 0. The number of hydrogen-bond acceptors (Lipinski definition) is 5. The van der Waals surface area contributed by atoms with Gasteiger partial charge in [0.2, 0.25) is 0 Å². The predicted molar refractivity (Wildman–Crippen MR) is 107 cm³/mol. The van der Waals surface area contributed by atoms with E-state index in [1.54, 1.807) is 6.07 Å². The van der Waals surface area contributed by atoms with E-state index in [0.29, 0.717) is 34.9 Å². The standard InChI is InChI=1S/C19H15Cl2F4N5/c1-9(17-10(20)4-5-11(22)18(17)21)30-6-2-3-12-15(30)7-13(27-26-12)14-8-16(29-28-14)19(23,24)25/h4-5,7,9H,2-3,6,8H2,1H3/t9-/m1/s1. The molecular weight excluding hydrogens is 445 g/mol. The molecule has 0 saturated heterocycles. The van der Waals surface area contributed by atoms with Crippen LogP contribution in [0.25, 0.3) is 0 Å². The van der Waals surface area contributed by atoms with Crippen molar-refractivity contribution in [2.75, 3.05) is 11.4 Å². The Morgan fingerprint density at radius 2 is 1.90 bits per heavy atom. The minimum absolute atomic E-state index is 0.0623. The van der Waals surface area contributed by atoms with Crippen molar-refractivity contribution in [2.24, 2.45) is 10.2 Å². The summed E-state index contributed by atoms with van der Waals surface area (Å²) in [6, 6.07) is 3.89. The van der Waals surface area contributed by atoms with Crippen molar-refractivity contribution < 1.29 is 17.6 Å². The highest BCUT2D eigenvalue weighted by Gasteiger charge is 2.39. The first-order valence-corrected chi connectivity index (χ1v) is 9.90. The Labute approximate surface area is 179 Å². The third kappa shape index (κ3) is 3.76. The van der Waals surface area contributed by atoms with Gasteiger partial charge in [0, 0.05) is 23.6 Å². The fourth-order valence-electron chi connectivity index (χ4n) is 3.64. The van der Waals surface area contributed by atoms with E-state index in [0.717, 1.165) is 6.42 Å². The summed E-state index contributed by atoms with van der Waals surface area (Å²) >= 11 is 12.5. The Bertz CT molecular complexity index is 1070. The average Bonchev–Trinajstić information content (AvgIpc) is 3.21. The maximum Gasteiger partial charge on any atom is 0.431 e. The number of aromatic nitrogens is 2. The molecule has 3 heterocycles. The lowest BCUT2D eigenvalue weighted by molar-refractivity contribution is -0.0596. The van der Waals surface area contributed by atoms with Crippen molar-refractivity contribution in [3.8, 4) is 0 Å². The highest BCUT2D eigenvalue weighted by Crippen LogP contribution is 2.40. The molecule has 2 aromatic rings. The number of halogens is 6. The van der Waals surface area contributed by atoms with Crippen molar-refractivity contribution in [1.82, 2.24) is 10.2 Å². The lowest BCUT2D eigenvalue weighted by atomic mass is 10.00. The van der Waals surface area contributed by atoms with Crippen LogP contribution in [0.2, 0.25) is 10.0 Å². The Balaban J connectivity index is 1.68. The fraction of sp³-hybridized carbons (Fsp3) is 0.368. The van der Waals surface area contributed by atoms with E-state index in [4.69, 9.17) is 23.2 Å². The summed E-state index contributed by atoms with van der Waals surface area (Å²) in [5.74, 6) is -0.578. The van der Waals surface area contributed by atoms with Gasteiger partial charge in [-0.1, -0.05) is 23.2 Å². The third-order valence-electron chi connectivity index (χ3n) is 5.18. The second-order valence-electron chi connectivity index (χ2n) is 7.06. The molecule has 0 N–H and O–H groups in total. The van der Waals surface area contributed by atoms with E-state index in [2.05, 4.69) is 20.4 Å². The highest BCUT2D eigenvalue weighted by molar-refractivity contribution is 6.36. The molecule has 0 saturated carbocycles. The van der Waals surface area contributed by atoms with E-state index in [9.17, 15) is 17.6 Å². The van der Waals surface area contributed by atoms with Crippen LogP contribution < -0.4 is 4.90 Å². The number of rotatable bonds is 3. The summed E-state index contributed by atoms with van der Waals surface area (Å²) in [6.45, 7) is 2.44. The van der Waals surface area contributed by atoms with Gasteiger partial charge in [-0.2, -0.15) is 23.4 Å². The minimum atomic E-state index is -4.54. The Kier molecular flexibility index (Phi) is 5.44. The first-order valence-electron chi connectivity index (χ1n) is 9.14. The lowest BCUT2D eigenvalue weighted by Crippen LogP contribution is -2.33. The van der Waals surface area contributed by atoms with Gasteiger partial charge in [0.1, 0.15) is 17.2 Å². The molecule has 30 heavy (non-hydrogen) atoms. The molecule has 0 radical (unpaired) electrons. The zero-order chi connectivity index (χ0) is 21.6. The van der Waals surface area contributed by atoms with E-state index in [-0.39, 0.29) is 16.4 Å². The smallest absolute Gasteiger partial charge is 0.363 e. The van der Waals surface area contributed by atoms with Crippen LogP contribution in [0, 0.1) is 5.82 Å². The van der Waals surface area contributed by atoms with Gasteiger partial charge >= 0.3 is 6.18 Å². The number of alkyl halides is 3. The summed E-state index contributed by atoms with van der Waals surface area (Å²) in [4.78, 5) is 1.95. The van der Waals surface area contributed by atoms with Crippen LogP contribution in [0.3, 0.4) is 0 Å². The Hall–Kier alpha value is -2.26. The van der Waals surface area contributed by atoms with E-state index < -0.39 is 30.2 Å². The first-order chi connectivity index (χ1) is 14.2. The number of benzene rings is 1. The van der Waals surface area contributed by atoms with Gasteiger partial charge in [0.05, 0.1) is 28.2 Å². The van der Waals surface area contributed by atoms with E-state index >= 15 is 0 Å². The molecule has 11 heteroatoms. The second kappa shape index (κ2) is 7.77. The van der Waals surface area contributed by atoms with Crippen molar-refractivity contribution in [1.29, 1.82) is 0 Å². The van der Waals surface area contributed by atoms with Crippen LogP contribution in [-0.2, 0) is 6.42 Å². The van der Waals surface area contributed by atoms with E-state index in [1.165, 1.54) is 12.1 Å². The number of nitrogens with zero attached hydrogens (tertiary/aromatic N) is 5. The number of anilines is 1. The topological polar surface area (TPSA) is 53.7 Å². The summed E-state index contributed by atoms with van der Waals surface area (Å²) in [5.41, 5.74) is 1.14. The highest BCUT2D eigenvalue weighted by atomic mass is 35.5. The fourth-order valence-corrected chi connectivity index (χ4v) is 4.33. The maximum atomic E-state index is 14.0. The monoisotopic (exact) mass is 459 g/mol. The Morgan fingerprint density at radius 1 is 1.13 bits per heavy atom. The largest absolute Gasteiger partial charge is 0.431 e. The Morgan fingerprint density at radius 3 is 2.60 bits per heavy atom. The van der Waals surface area contributed by atoms with Crippen LogP contribution in [0.1, 0.15) is 42.8 Å². The lowest BCUT2D eigenvalue weighted by Gasteiger charge is -2.36. The number of fused-ring (bicyclic) bond motifs is 1. The molecule has 2 aliphatic heterocycles. The summed E-state index contributed by atoms with van der Waals surface area (Å²) < 4.78 is 52.7. The molecule has 0 bridgehead atoms. The van der Waals surface area contributed by atoms with Crippen molar-refractivity contribution in [3.63, 3.8) is 0 Å². The molecular formula is C19H15Cl2F4N5. The molecule has 1 aromatic heterocycles. The summed E-state index contributed by atoms with van der Waals surface area (Å²) in [5, 5.41) is 15.4. The third-order valence-corrected chi connectivity index (χ3v) is 5.90. The second-order valence-corrected chi connectivity index (χ2v) is 7.84. The van der Waals surface area contributed by atoms with Crippen LogP contribution in [0.15, 0.2) is 28.4 Å². The normalized spacial score (nSPS) is 17.5. The molecule has 4 rings (SSSR count). The molecule has 1 atom stereocenters. The molecule has 0 aliphatic carbocycles. The van der Waals surface area contributed by atoms with Gasteiger partial charge in [-0.15, -0.1) is 10.2 Å². The molecule has 0 spiro atoms.